The molecule has 0 aliphatic rings. The largest absolute Gasteiger partial charge is 0.318 e. The molecular formula is C29H27Cl3N4O3S. The third-order valence-electron chi connectivity index (χ3n) is 6.37. The molecule has 1 heterocycles. The number of aromatic nitrogens is 1. The van der Waals surface area contributed by atoms with Crippen LogP contribution in [0, 0.1) is 27.7 Å². The highest BCUT2D eigenvalue weighted by molar-refractivity contribution is 7.92. The number of rotatable bonds is 8. The van der Waals surface area contributed by atoms with Crippen LogP contribution >= 0.6 is 34.8 Å². The third-order valence-corrected chi connectivity index (χ3v) is 8.99. The van der Waals surface area contributed by atoms with Gasteiger partial charge < -0.3 is 4.57 Å². The summed E-state index contributed by atoms with van der Waals surface area (Å²) in [6.45, 7) is 6.90. The molecule has 0 aliphatic carbocycles. The van der Waals surface area contributed by atoms with Crippen molar-refractivity contribution in [3.8, 4) is 5.69 Å². The van der Waals surface area contributed by atoms with Crippen molar-refractivity contribution in [3.05, 3.63) is 110 Å². The molecule has 1 amide bonds. The van der Waals surface area contributed by atoms with Crippen molar-refractivity contribution in [3.63, 3.8) is 0 Å². The fourth-order valence-electron chi connectivity index (χ4n) is 4.33. The second kappa shape index (κ2) is 12.1. The molecular weight excluding hydrogens is 591 g/mol. The molecule has 4 aromatic rings. The van der Waals surface area contributed by atoms with Gasteiger partial charge in [-0.1, -0.05) is 58.6 Å². The molecule has 1 aromatic heterocycles. The summed E-state index contributed by atoms with van der Waals surface area (Å²) in [5.41, 5.74) is 7.51. The summed E-state index contributed by atoms with van der Waals surface area (Å²) in [5, 5.41) is 5.51. The number of hydrazone groups is 1. The monoisotopic (exact) mass is 616 g/mol. The summed E-state index contributed by atoms with van der Waals surface area (Å²) in [5.74, 6) is -0.623. The Morgan fingerprint density at radius 2 is 1.60 bits per heavy atom. The number of sulfonamides is 1. The lowest BCUT2D eigenvalue weighted by atomic mass is 10.2. The topological polar surface area (TPSA) is 83.8 Å². The molecule has 0 saturated heterocycles. The van der Waals surface area contributed by atoms with Crippen LogP contribution in [0.25, 0.3) is 5.69 Å². The highest BCUT2D eigenvalue weighted by atomic mass is 35.5. The van der Waals surface area contributed by atoms with Gasteiger partial charge in [-0.25, -0.2) is 13.8 Å². The van der Waals surface area contributed by atoms with Crippen LogP contribution in [0.2, 0.25) is 15.1 Å². The number of anilines is 1. The maximum atomic E-state index is 13.6. The molecule has 1 N–H and O–H groups in total. The van der Waals surface area contributed by atoms with E-state index < -0.39 is 22.5 Å². The minimum atomic E-state index is -4.09. The number of benzene rings is 3. The Balaban J connectivity index is 1.59. The van der Waals surface area contributed by atoms with Gasteiger partial charge in [0.1, 0.15) is 6.54 Å². The number of aryl methyl sites for hydroxylation is 2. The van der Waals surface area contributed by atoms with Crippen molar-refractivity contribution in [1.29, 1.82) is 0 Å². The van der Waals surface area contributed by atoms with Crippen LogP contribution in [0.5, 0.6) is 0 Å². The lowest BCUT2D eigenvalue weighted by Crippen LogP contribution is -2.40. The summed E-state index contributed by atoms with van der Waals surface area (Å²) >= 11 is 18.7. The van der Waals surface area contributed by atoms with Crippen LogP contribution in [-0.2, 0) is 14.8 Å². The maximum absolute atomic E-state index is 13.6. The summed E-state index contributed by atoms with van der Waals surface area (Å²) in [6, 6.07) is 18.5. The molecule has 0 fully saturated rings. The molecule has 0 saturated carbocycles. The van der Waals surface area contributed by atoms with Gasteiger partial charge in [-0.05, 0) is 81.8 Å². The smallest absolute Gasteiger partial charge is 0.264 e. The van der Waals surface area contributed by atoms with E-state index >= 15 is 0 Å². The van der Waals surface area contributed by atoms with Crippen molar-refractivity contribution in [2.24, 2.45) is 5.10 Å². The minimum absolute atomic E-state index is 0.0577. The first-order chi connectivity index (χ1) is 18.9. The Hall–Kier alpha value is -3.30. The molecule has 0 atom stereocenters. The third kappa shape index (κ3) is 6.36. The van der Waals surface area contributed by atoms with E-state index in [0.717, 1.165) is 32.5 Å². The van der Waals surface area contributed by atoms with Gasteiger partial charge in [0.2, 0.25) is 0 Å². The van der Waals surface area contributed by atoms with Crippen LogP contribution < -0.4 is 9.73 Å². The number of hydrogen-bond donors (Lipinski definition) is 1. The quantitative estimate of drug-likeness (QED) is 0.170. The highest BCUT2D eigenvalue weighted by Gasteiger charge is 2.28. The normalized spacial score (nSPS) is 11.7. The van der Waals surface area contributed by atoms with Crippen molar-refractivity contribution in [2.75, 3.05) is 10.8 Å². The zero-order chi connectivity index (χ0) is 29.2. The number of nitrogens with one attached hydrogen (secondary N) is 1. The van der Waals surface area contributed by atoms with E-state index in [-0.39, 0.29) is 4.90 Å². The summed E-state index contributed by atoms with van der Waals surface area (Å²) in [4.78, 5) is 13.1. The Morgan fingerprint density at radius 1 is 0.950 bits per heavy atom. The minimum Gasteiger partial charge on any atom is -0.318 e. The van der Waals surface area contributed by atoms with Crippen molar-refractivity contribution in [1.82, 2.24) is 9.99 Å². The number of halogens is 3. The lowest BCUT2D eigenvalue weighted by Gasteiger charge is -2.25. The summed E-state index contributed by atoms with van der Waals surface area (Å²) in [6.07, 6.45) is 1.51. The Bertz CT molecular complexity index is 1700. The Kier molecular flexibility index (Phi) is 8.95. The Labute approximate surface area is 249 Å². The molecule has 7 nitrogen and oxygen atoms in total. The SMILES string of the molecule is Cc1ccc(S(=O)(=O)N(CC(=O)N/N=C\c2cc(C)n(-c3cc(Cl)cc(Cl)c3)c2C)c2cccc(Cl)c2C)cc1. The molecule has 208 valence electrons. The standard InChI is InChI=1S/C29H27Cl3N4O3S/c1-18-8-10-26(11-9-18)40(38,39)35(28-7-5-6-27(32)20(28)3)17-29(37)34-33-16-22-12-19(2)36(21(22)4)25-14-23(30)13-24(31)15-25/h5-16H,17H2,1-4H3,(H,34,37)/b33-16-. The molecule has 3 aromatic carbocycles. The lowest BCUT2D eigenvalue weighted by molar-refractivity contribution is -0.119. The summed E-state index contributed by atoms with van der Waals surface area (Å²) < 4.78 is 30.3. The van der Waals surface area contributed by atoms with Crippen molar-refractivity contribution in [2.45, 2.75) is 32.6 Å². The molecule has 0 bridgehead atoms. The number of nitrogens with zero attached hydrogens (tertiary/aromatic N) is 3. The van der Waals surface area contributed by atoms with Gasteiger partial charge in [0, 0.05) is 37.7 Å². The predicted octanol–water partition coefficient (Wildman–Crippen LogP) is 7.02. The molecule has 4 rings (SSSR count). The first-order valence-corrected chi connectivity index (χ1v) is 14.8. The van der Waals surface area contributed by atoms with Crippen LogP contribution in [-0.4, -0.2) is 31.7 Å². The number of carbonyl (C=O) groups excluding carboxylic acids is 1. The van der Waals surface area contributed by atoms with Crippen LogP contribution in [0.15, 0.2) is 76.7 Å². The van der Waals surface area contributed by atoms with E-state index in [1.54, 1.807) is 55.5 Å². The maximum Gasteiger partial charge on any atom is 0.264 e. The average molecular weight is 618 g/mol. The Morgan fingerprint density at radius 3 is 2.25 bits per heavy atom. The van der Waals surface area contributed by atoms with Crippen LogP contribution in [0.1, 0.15) is 28.1 Å². The first-order valence-electron chi connectivity index (χ1n) is 12.2. The van der Waals surface area contributed by atoms with Gasteiger partial charge in [-0.3, -0.25) is 9.10 Å². The molecule has 0 unspecified atom stereocenters. The molecule has 0 spiro atoms. The first kappa shape index (κ1) is 29.7. The van der Waals surface area contributed by atoms with Crippen molar-refractivity contribution >= 4 is 62.6 Å². The second-order valence-electron chi connectivity index (χ2n) is 9.29. The van der Waals surface area contributed by atoms with E-state index in [2.05, 4.69) is 10.5 Å². The molecule has 0 radical (unpaired) electrons. The molecule has 0 aliphatic heterocycles. The zero-order valence-corrected chi connectivity index (χ0v) is 25.3. The zero-order valence-electron chi connectivity index (χ0n) is 22.2. The van der Waals surface area contributed by atoms with Gasteiger partial charge in [-0.2, -0.15) is 5.10 Å². The molecule has 11 heteroatoms. The van der Waals surface area contributed by atoms with E-state index in [0.29, 0.717) is 26.3 Å². The molecule has 40 heavy (non-hydrogen) atoms. The average Bonchev–Trinajstić information content (AvgIpc) is 3.16. The van der Waals surface area contributed by atoms with E-state index in [4.69, 9.17) is 34.8 Å². The van der Waals surface area contributed by atoms with Gasteiger partial charge in [0.05, 0.1) is 16.8 Å². The van der Waals surface area contributed by atoms with Gasteiger partial charge in [0.15, 0.2) is 0 Å². The fourth-order valence-corrected chi connectivity index (χ4v) is 6.49. The van der Waals surface area contributed by atoms with E-state index in [1.165, 1.54) is 18.3 Å². The number of carbonyl (C=O) groups is 1. The van der Waals surface area contributed by atoms with E-state index in [9.17, 15) is 13.2 Å². The summed E-state index contributed by atoms with van der Waals surface area (Å²) in [7, 11) is -4.09. The number of hydrogen-bond acceptors (Lipinski definition) is 4. The van der Waals surface area contributed by atoms with Crippen molar-refractivity contribution < 1.29 is 13.2 Å². The van der Waals surface area contributed by atoms with Crippen LogP contribution in [0.3, 0.4) is 0 Å². The van der Waals surface area contributed by atoms with E-state index in [1.807, 2.05) is 31.4 Å². The van der Waals surface area contributed by atoms with Gasteiger partial charge in [0.25, 0.3) is 15.9 Å². The highest BCUT2D eigenvalue weighted by Crippen LogP contribution is 2.31. The van der Waals surface area contributed by atoms with Gasteiger partial charge >= 0.3 is 0 Å². The fraction of sp³-hybridized carbons (Fsp3) is 0.172. The number of amides is 1. The van der Waals surface area contributed by atoms with Gasteiger partial charge in [-0.15, -0.1) is 0 Å². The predicted molar refractivity (Wildman–Crippen MR) is 163 cm³/mol. The van der Waals surface area contributed by atoms with Crippen LogP contribution in [0.4, 0.5) is 5.69 Å². The second-order valence-corrected chi connectivity index (χ2v) is 12.4.